The number of hydrogen-bond donors (Lipinski definition) is 2. The van der Waals surface area contributed by atoms with Crippen molar-refractivity contribution >= 4 is 21.9 Å². The number of hydrogen-bond acceptors (Lipinski definition) is 2. The molecule has 88 valence electrons. The normalized spacial score (nSPS) is 12.4. The molecule has 0 heterocycles. The van der Waals surface area contributed by atoms with Crippen LogP contribution in [0.15, 0.2) is 18.2 Å². The average molecular weight is 287 g/mol. The number of alkyl halides is 1. The highest BCUT2D eigenvalue weighted by molar-refractivity contribution is 9.09. The van der Waals surface area contributed by atoms with Crippen molar-refractivity contribution in [3.05, 3.63) is 34.9 Å². The molecule has 0 bridgehead atoms. The monoisotopic (exact) mass is 286 g/mol. The van der Waals surface area contributed by atoms with Crippen LogP contribution in [0.2, 0.25) is 0 Å². The molecule has 0 radical (unpaired) electrons. The number of aliphatic carboxylic acids is 1. The van der Waals surface area contributed by atoms with Gasteiger partial charge in [-0.2, -0.15) is 0 Å². The van der Waals surface area contributed by atoms with Gasteiger partial charge in [-0.15, -0.1) is 0 Å². The summed E-state index contributed by atoms with van der Waals surface area (Å²) < 4.78 is 0. The Morgan fingerprint density at radius 3 is 2.69 bits per heavy atom. The molecule has 1 rings (SSSR count). The second-order valence-corrected chi connectivity index (χ2v) is 4.52. The summed E-state index contributed by atoms with van der Waals surface area (Å²) in [5.74, 6) is -1.21. The van der Waals surface area contributed by atoms with E-state index in [0.29, 0.717) is 5.56 Å². The number of carboxylic acids is 1. The van der Waals surface area contributed by atoms with Crippen molar-refractivity contribution in [3.63, 3.8) is 0 Å². The van der Waals surface area contributed by atoms with Crippen LogP contribution in [-0.2, 0) is 11.2 Å². The highest BCUT2D eigenvalue weighted by Gasteiger charge is 2.17. The lowest BCUT2D eigenvalue weighted by Crippen LogP contribution is -2.12. The van der Waals surface area contributed by atoms with Gasteiger partial charge < -0.3 is 10.2 Å². The van der Waals surface area contributed by atoms with E-state index in [1.807, 2.05) is 19.1 Å². The van der Waals surface area contributed by atoms with Crippen LogP contribution in [0.3, 0.4) is 0 Å². The Morgan fingerprint density at radius 1 is 1.50 bits per heavy atom. The van der Waals surface area contributed by atoms with E-state index in [-0.39, 0.29) is 0 Å². The van der Waals surface area contributed by atoms with Crippen molar-refractivity contribution in [1.82, 2.24) is 0 Å². The SMILES string of the molecule is Cc1cc(CCCBr)ccc1C(O)C(=O)O. The van der Waals surface area contributed by atoms with Crippen LogP contribution in [0, 0.1) is 6.92 Å². The van der Waals surface area contributed by atoms with Crippen LogP contribution in [0.5, 0.6) is 0 Å². The summed E-state index contributed by atoms with van der Waals surface area (Å²) in [6, 6.07) is 5.50. The Labute approximate surface area is 103 Å². The standard InChI is InChI=1S/C12H15BrO3/c1-8-7-9(3-2-6-13)4-5-10(8)11(14)12(15)16/h4-5,7,11,14H,2-3,6H2,1H3,(H,15,16). The van der Waals surface area contributed by atoms with Gasteiger partial charge >= 0.3 is 5.97 Å². The number of aliphatic hydroxyl groups is 1. The molecular formula is C12H15BrO3. The van der Waals surface area contributed by atoms with Gasteiger partial charge in [0.1, 0.15) is 0 Å². The third-order valence-electron chi connectivity index (χ3n) is 2.46. The van der Waals surface area contributed by atoms with Gasteiger partial charge in [0.2, 0.25) is 0 Å². The Hall–Kier alpha value is -0.870. The average Bonchev–Trinajstić information content (AvgIpc) is 2.25. The van der Waals surface area contributed by atoms with E-state index in [2.05, 4.69) is 15.9 Å². The Balaban J connectivity index is 2.87. The third-order valence-corrected chi connectivity index (χ3v) is 3.02. The molecule has 1 aromatic carbocycles. The molecule has 3 nitrogen and oxygen atoms in total. The van der Waals surface area contributed by atoms with E-state index < -0.39 is 12.1 Å². The van der Waals surface area contributed by atoms with Gasteiger partial charge in [-0.3, -0.25) is 0 Å². The summed E-state index contributed by atoms with van der Waals surface area (Å²) in [7, 11) is 0. The summed E-state index contributed by atoms with van der Waals surface area (Å²) in [6.45, 7) is 1.82. The summed E-state index contributed by atoms with van der Waals surface area (Å²) in [6.07, 6.45) is 0.570. The van der Waals surface area contributed by atoms with Gasteiger partial charge in [-0.25, -0.2) is 4.79 Å². The summed E-state index contributed by atoms with van der Waals surface area (Å²) in [4.78, 5) is 10.7. The zero-order valence-corrected chi connectivity index (χ0v) is 10.7. The Bertz CT molecular complexity index is 377. The molecule has 0 saturated carbocycles. The fourth-order valence-corrected chi connectivity index (χ4v) is 1.88. The smallest absolute Gasteiger partial charge is 0.337 e. The maximum absolute atomic E-state index is 10.7. The Kier molecular flexibility index (Phi) is 4.96. The van der Waals surface area contributed by atoms with Gasteiger partial charge in [0.25, 0.3) is 0 Å². The van der Waals surface area contributed by atoms with Crippen LogP contribution in [0.25, 0.3) is 0 Å². The van der Waals surface area contributed by atoms with E-state index in [1.165, 1.54) is 5.56 Å². The maximum Gasteiger partial charge on any atom is 0.337 e. The summed E-state index contributed by atoms with van der Waals surface area (Å²) in [5.41, 5.74) is 2.45. The zero-order chi connectivity index (χ0) is 12.1. The minimum atomic E-state index is -1.43. The fraction of sp³-hybridized carbons (Fsp3) is 0.417. The highest BCUT2D eigenvalue weighted by Crippen LogP contribution is 2.20. The fourth-order valence-electron chi connectivity index (χ4n) is 1.60. The van der Waals surface area contributed by atoms with E-state index in [9.17, 15) is 9.90 Å². The van der Waals surface area contributed by atoms with Crippen molar-refractivity contribution in [3.8, 4) is 0 Å². The summed E-state index contributed by atoms with van der Waals surface area (Å²) >= 11 is 3.36. The van der Waals surface area contributed by atoms with Crippen LogP contribution < -0.4 is 0 Å². The topological polar surface area (TPSA) is 57.5 Å². The zero-order valence-electron chi connectivity index (χ0n) is 9.11. The van der Waals surface area contributed by atoms with Crippen molar-refractivity contribution in [2.24, 2.45) is 0 Å². The number of rotatable bonds is 5. The van der Waals surface area contributed by atoms with Gasteiger partial charge in [0, 0.05) is 5.33 Å². The molecule has 1 aromatic rings. The first-order valence-electron chi connectivity index (χ1n) is 5.12. The van der Waals surface area contributed by atoms with E-state index in [1.54, 1.807) is 6.07 Å². The van der Waals surface area contributed by atoms with Crippen molar-refractivity contribution in [2.75, 3.05) is 5.33 Å². The lowest BCUT2D eigenvalue weighted by molar-refractivity contribution is -0.147. The quantitative estimate of drug-likeness (QED) is 0.818. The van der Waals surface area contributed by atoms with Crippen LogP contribution in [0.1, 0.15) is 29.2 Å². The molecule has 0 amide bonds. The molecular weight excluding hydrogens is 272 g/mol. The molecule has 4 heteroatoms. The number of aryl methyl sites for hydroxylation is 2. The molecule has 0 saturated heterocycles. The number of carboxylic acid groups (broad SMARTS) is 1. The van der Waals surface area contributed by atoms with E-state index in [4.69, 9.17) is 5.11 Å². The minimum absolute atomic E-state index is 0.468. The molecule has 0 fully saturated rings. The highest BCUT2D eigenvalue weighted by atomic mass is 79.9. The van der Waals surface area contributed by atoms with Gasteiger partial charge in [-0.1, -0.05) is 34.1 Å². The molecule has 0 aromatic heterocycles. The van der Waals surface area contributed by atoms with Gasteiger partial charge in [0.15, 0.2) is 6.10 Å². The minimum Gasteiger partial charge on any atom is -0.479 e. The number of benzene rings is 1. The van der Waals surface area contributed by atoms with E-state index >= 15 is 0 Å². The molecule has 0 aliphatic carbocycles. The first-order chi connectivity index (χ1) is 7.56. The van der Waals surface area contributed by atoms with Crippen molar-refractivity contribution in [1.29, 1.82) is 0 Å². The first-order valence-corrected chi connectivity index (χ1v) is 6.24. The largest absolute Gasteiger partial charge is 0.479 e. The molecule has 16 heavy (non-hydrogen) atoms. The van der Waals surface area contributed by atoms with Crippen LogP contribution >= 0.6 is 15.9 Å². The first kappa shape index (κ1) is 13.2. The predicted molar refractivity (Wildman–Crippen MR) is 65.9 cm³/mol. The summed E-state index contributed by atoms with van der Waals surface area (Å²) in [5, 5.41) is 19.1. The van der Waals surface area contributed by atoms with Crippen molar-refractivity contribution < 1.29 is 15.0 Å². The Morgan fingerprint density at radius 2 is 2.19 bits per heavy atom. The third kappa shape index (κ3) is 3.32. The van der Waals surface area contributed by atoms with Gasteiger partial charge in [0.05, 0.1) is 0 Å². The van der Waals surface area contributed by atoms with Crippen molar-refractivity contribution in [2.45, 2.75) is 25.9 Å². The second kappa shape index (κ2) is 6.01. The van der Waals surface area contributed by atoms with Gasteiger partial charge in [-0.05, 0) is 36.5 Å². The molecule has 0 aliphatic heterocycles. The number of halogens is 1. The molecule has 0 spiro atoms. The second-order valence-electron chi connectivity index (χ2n) is 3.72. The predicted octanol–water partition coefficient (Wildman–Crippen LogP) is 2.44. The van der Waals surface area contributed by atoms with E-state index in [0.717, 1.165) is 23.7 Å². The molecule has 1 unspecified atom stereocenters. The number of carbonyl (C=O) groups is 1. The number of aliphatic hydroxyl groups excluding tert-OH is 1. The van der Waals surface area contributed by atoms with Crippen LogP contribution in [-0.4, -0.2) is 21.5 Å². The molecule has 1 atom stereocenters. The lowest BCUT2D eigenvalue weighted by atomic mass is 9.99. The lowest BCUT2D eigenvalue weighted by Gasteiger charge is -2.11. The molecule has 0 aliphatic rings. The van der Waals surface area contributed by atoms with Crippen LogP contribution in [0.4, 0.5) is 0 Å². The maximum atomic E-state index is 10.7. The molecule has 2 N–H and O–H groups in total.